The van der Waals surface area contributed by atoms with Crippen molar-refractivity contribution in [1.82, 2.24) is 20.3 Å². The van der Waals surface area contributed by atoms with Crippen LogP contribution in [0, 0.1) is 6.92 Å². The Morgan fingerprint density at radius 3 is 2.74 bits per heavy atom. The molecule has 1 fully saturated rings. The number of carbonyl (C=O) groups excluding carboxylic acids is 1. The Morgan fingerprint density at radius 1 is 1.42 bits per heavy atom. The molecule has 0 aromatic carbocycles. The van der Waals surface area contributed by atoms with Crippen LogP contribution in [0.25, 0.3) is 0 Å². The monoisotopic (exact) mass is 266 g/mol. The minimum absolute atomic E-state index is 0.192. The number of likely N-dealkylation sites (N-methyl/N-ethyl adjacent to an activating group) is 1. The Labute approximate surface area is 113 Å². The van der Waals surface area contributed by atoms with E-state index in [4.69, 9.17) is 4.52 Å². The second-order valence-electron chi connectivity index (χ2n) is 4.87. The quantitative estimate of drug-likeness (QED) is 0.827. The second kappa shape index (κ2) is 6.68. The topological polar surface area (TPSA) is 61.6 Å². The Bertz CT molecular complexity index is 411. The molecule has 0 atom stereocenters. The van der Waals surface area contributed by atoms with E-state index in [1.807, 2.05) is 24.8 Å². The first-order valence-corrected chi connectivity index (χ1v) is 6.82. The van der Waals surface area contributed by atoms with Crippen molar-refractivity contribution in [2.45, 2.75) is 20.4 Å². The van der Waals surface area contributed by atoms with Gasteiger partial charge < -0.3 is 14.7 Å². The van der Waals surface area contributed by atoms with Crippen molar-refractivity contribution in [1.29, 1.82) is 0 Å². The average molecular weight is 266 g/mol. The number of carbonyl (C=O) groups is 1. The summed E-state index contributed by atoms with van der Waals surface area (Å²) in [6, 6.07) is 1.96. The number of nitrogens with zero attached hydrogens (tertiary/aromatic N) is 3. The fraction of sp³-hybridized carbons (Fsp3) is 0.692. The highest BCUT2D eigenvalue weighted by atomic mass is 16.5. The minimum Gasteiger partial charge on any atom is -0.360 e. The third-order valence-electron chi connectivity index (χ3n) is 3.31. The number of hydrogen-bond donors (Lipinski definition) is 1. The van der Waals surface area contributed by atoms with Crippen LogP contribution in [0.1, 0.15) is 18.4 Å². The molecule has 6 heteroatoms. The van der Waals surface area contributed by atoms with Crippen LogP contribution in [0.15, 0.2) is 10.6 Å². The molecule has 2 rings (SSSR count). The molecular formula is C13H22N4O2. The van der Waals surface area contributed by atoms with E-state index < -0.39 is 0 Å². The minimum atomic E-state index is 0.192. The zero-order valence-corrected chi connectivity index (χ0v) is 11.7. The van der Waals surface area contributed by atoms with Gasteiger partial charge in [0, 0.05) is 32.2 Å². The Morgan fingerprint density at radius 2 is 2.16 bits per heavy atom. The van der Waals surface area contributed by atoms with Gasteiger partial charge in [-0.05, 0) is 13.5 Å². The molecule has 1 aliphatic rings. The molecule has 0 aliphatic carbocycles. The SMILES string of the molecule is CCNCC(=O)N1CCN(Cc2cc(C)no2)CC1. The molecule has 1 aromatic heterocycles. The number of nitrogens with one attached hydrogen (secondary N) is 1. The summed E-state index contributed by atoms with van der Waals surface area (Å²) in [4.78, 5) is 16.1. The molecule has 0 radical (unpaired) electrons. The Hall–Kier alpha value is -1.40. The van der Waals surface area contributed by atoms with E-state index in [1.165, 1.54) is 0 Å². The van der Waals surface area contributed by atoms with Crippen molar-refractivity contribution in [2.75, 3.05) is 39.3 Å². The van der Waals surface area contributed by atoms with Crippen molar-refractivity contribution in [3.63, 3.8) is 0 Å². The molecule has 1 aromatic rings. The fourth-order valence-corrected chi connectivity index (χ4v) is 2.21. The van der Waals surface area contributed by atoms with Crippen molar-refractivity contribution in [3.05, 3.63) is 17.5 Å². The lowest BCUT2D eigenvalue weighted by Gasteiger charge is -2.34. The normalized spacial score (nSPS) is 16.8. The Kier molecular flexibility index (Phi) is 4.93. The lowest BCUT2D eigenvalue weighted by molar-refractivity contribution is -0.132. The van der Waals surface area contributed by atoms with Crippen LogP contribution >= 0.6 is 0 Å². The highest BCUT2D eigenvalue weighted by Crippen LogP contribution is 2.09. The predicted molar refractivity (Wildman–Crippen MR) is 71.6 cm³/mol. The number of hydrogen-bond acceptors (Lipinski definition) is 5. The third-order valence-corrected chi connectivity index (χ3v) is 3.31. The maximum Gasteiger partial charge on any atom is 0.236 e. The summed E-state index contributed by atoms with van der Waals surface area (Å²) in [5, 5.41) is 6.96. The van der Waals surface area contributed by atoms with Gasteiger partial charge >= 0.3 is 0 Å². The van der Waals surface area contributed by atoms with Gasteiger partial charge in [-0.1, -0.05) is 12.1 Å². The highest BCUT2D eigenvalue weighted by molar-refractivity contribution is 5.78. The molecule has 106 valence electrons. The van der Waals surface area contributed by atoms with Crippen LogP contribution in [0.4, 0.5) is 0 Å². The first kappa shape index (κ1) is 14.0. The van der Waals surface area contributed by atoms with Gasteiger partial charge in [-0.15, -0.1) is 0 Å². The first-order chi connectivity index (χ1) is 9.19. The van der Waals surface area contributed by atoms with Crippen molar-refractivity contribution in [3.8, 4) is 0 Å². The van der Waals surface area contributed by atoms with E-state index in [0.717, 1.165) is 50.7 Å². The zero-order valence-electron chi connectivity index (χ0n) is 11.7. The third kappa shape index (κ3) is 4.04. The number of aryl methyl sites for hydroxylation is 1. The summed E-state index contributed by atoms with van der Waals surface area (Å²) in [6.07, 6.45) is 0. The maximum absolute atomic E-state index is 11.8. The predicted octanol–water partition coefficient (Wildman–Crippen LogP) is 0.237. The van der Waals surface area contributed by atoms with Crippen molar-refractivity contribution in [2.24, 2.45) is 0 Å². The van der Waals surface area contributed by atoms with Gasteiger partial charge in [0.05, 0.1) is 18.8 Å². The summed E-state index contributed by atoms with van der Waals surface area (Å²) in [5.74, 6) is 1.09. The highest BCUT2D eigenvalue weighted by Gasteiger charge is 2.21. The molecule has 6 nitrogen and oxygen atoms in total. The van der Waals surface area contributed by atoms with Crippen molar-refractivity contribution >= 4 is 5.91 Å². The molecule has 0 unspecified atom stereocenters. The first-order valence-electron chi connectivity index (χ1n) is 6.82. The molecule has 2 heterocycles. The van der Waals surface area contributed by atoms with Crippen LogP contribution in [0.5, 0.6) is 0 Å². The van der Waals surface area contributed by atoms with Gasteiger partial charge in [0.15, 0.2) is 5.76 Å². The molecule has 0 saturated carbocycles. The van der Waals surface area contributed by atoms with E-state index in [1.54, 1.807) is 0 Å². The number of piperazine rings is 1. The van der Waals surface area contributed by atoms with E-state index in [-0.39, 0.29) is 5.91 Å². The van der Waals surface area contributed by atoms with Gasteiger partial charge in [-0.25, -0.2) is 0 Å². The lowest BCUT2D eigenvalue weighted by atomic mass is 10.3. The van der Waals surface area contributed by atoms with Gasteiger partial charge in [0.2, 0.25) is 5.91 Å². The molecule has 1 aliphatic heterocycles. The van der Waals surface area contributed by atoms with E-state index in [0.29, 0.717) is 6.54 Å². The fourth-order valence-electron chi connectivity index (χ4n) is 2.21. The average Bonchev–Trinajstić information content (AvgIpc) is 2.82. The number of rotatable bonds is 5. The molecule has 1 saturated heterocycles. The summed E-state index contributed by atoms with van der Waals surface area (Å²) >= 11 is 0. The molecule has 19 heavy (non-hydrogen) atoms. The number of amides is 1. The molecule has 0 bridgehead atoms. The number of aromatic nitrogens is 1. The van der Waals surface area contributed by atoms with Crippen LogP contribution in [0.3, 0.4) is 0 Å². The van der Waals surface area contributed by atoms with Crippen LogP contribution in [-0.4, -0.2) is 60.1 Å². The maximum atomic E-state index is 11.8. The Balaban J connectivity index is 1.74. The van der Waals surface area contributed by atoms with Gasteiger partial charge in [0.1, 0.15) is 0 Å². The molecule has 1 N–H and O–H groups in total. The zero-order chi connectivity index (χ0) is 13.7. The van der Waals surface area contributed by atoms with E-state index in [9.17, 15) is 4.79 Å². The molecule has 0 spiro atoms. The van der Waals surface area contributed by atoms with Gasteiger partial charge in [-0.3, -0.25) is 9.69 Å². The standard InChI is InChI=1S/C13H22N4O2/c1-3-14-9-13(18)17-6-4-16(5-7-17)10-12-8-11(2)15-19-12/h8,14H,3-7,9-10H2,1-2H3. The van der Waals surface area contributed by atoms with Crippen LogP contribution in [-0.2, 0) is 11.3 Å². The van der Waals surface area contributed by atoms with E-state index in [2.05, 4.69) is 15.4 Å². The summed E-state index contributed by atoms with van der Waals surface area (Å²) in [5.41, 5.74) is 0.912. The van der Waals surface area contributed by atoms with Crippen LogP contribution in [0.2, 0.25) is 0 Å². The summed E-state index contributed by atoms with van der Waals surface area (Å²) in [6.45, 7) is 9.32. The van der Waals surface area contributed by atoms with Crippen molar-refractivity contribution < 1.29 is 9.32 Å². The largest absolute Gasteiger partial charge is 0.360 e. The van der Waals surface area contributed by atoms with E-state index >= 15 is 0 Å². The molecular weight excluding hydrogens is 244 g/mol. The second-order valence-corrected chi connectivity index (χ2v) is 4.87. The lowest BCUT2D eigenvalue weighted by Crippen LogP contribution is -2.50. The van der Waals surface area contributed by atoms with Gasteiger partial charge in [0.25, 0.3) is 0 Å². The smallest absolute Gasteiger partial charge is 0.236 e. The summed E-state index contributed by atoms with van der Waals surface area (Å²) < 4.78 is 5.21. The van der Waals surface area contributed by atoms with Crippen LogP contribution < -0.4 is 5.32 Å². The molecule has 1 amide bonds. The van der Waals surface area contributed by atoms with Gasteiger partial charge in [-0.2, -0.15) is 0 Å². The summed E-state index contributed by atoms with van der Waals surface area (Å²) in [7, 11) is 0.